The standard InChI is InChI=1S/C31H40F2N8O4S/c1-18(2)38-11-7-21(8-12-38)45-24-14-25(28(32)33)46-27(24)30(42)37-20-5-4-9-39(16-20)23-13-22(41-26(23)29(34)35-17-36-41)19-6-10-40(15-19)31(43)44-3/h6,13-14,17-18,20-21,28H,4-5,7-12,15-16H2,1-3H3,(H,37,42)(H2,34,35,36)/t20-/m1/s1. The predicted octanol–water partition coefficient (Wildman–Crippen LogP) is 4.43. The Kier molecular flexibility index (Phi) is 9.32. The van der Waals surface area contributed by atoms with E-state index in [1.165, 1.54) is 19.5 Å². The molecule has 2 amide bonds. The van der Waals surface area contributed by atoms with Crippen LogP contribution in [0.25, 0.3) is 11.1 Å². The first-order valence-electron chi connectivity index (χ1n) is 15.7. The lowest BCUT2D eigenvalue weighted by molar-refractivity contribution is 0.0814. The molecule has 0 unspecified atom stereocenters. The molecule has 3 N–H and O–H groups in total. The molecule has 0 aromatic carbocycles. The van der Waals surface area contributed by atoms with Gasteiger partial charge in [0.25, 0.3) is 12.3 Å². The number of hydrogen-bond acceptors (Lipinski definition) is 10. The van der Waals surface area contributed by atoms with Crippen LogP contribution in [0, 0.1) is 0 Å². The molecule has 6 rings (SSSR count). The molecule has 3 aliphatic heterocycles. The minimum atomic E-state index is -2.69. The molecule has 3 aromatic rings. The summed E-state index contributed by atoms with van der Waals surface area (Å²) in [6, 6.07) is 3.50. The lowest BCUT2D eigenvalue weighted by Crippen LogP contribution is -2.47. The highest BCUT2D eigenvalue weighted by atomic mass is 32.1. The van der Waals surface area contributed by atoms with Crippen LogP contribution in [0.5, 0.6) is 5.75 Å². The lowest BCUT2D eigenvalue weighted by Gasteiger charge is -2.35. The number of amides is 2. The van der Waals surface area contributed by atoms with Crippen LogP contribution in [-0.4, -0.2) is 101 Å². The molecule has 6 heterocycles. The number of aromatic nitrogens is 3. The van der Waals surface area contributed by atoms with Gasteiger partial charge in [-0.25, -0.2) is 23.1 Å². The number of rotatable bonds is 8. The number of methoxy groups -OCH3 is 1. The first kappa shape index (κ1) is 32.0. The summed E-state index contributed by atoms with van der Waals surface area (Å²) in [5.74, 6) is 0.125. The molecule has 248 valence electrons. The summed E-state index contributed by atoms with van der Waals surface area (Å²) < 4.78 is 40.3. The van der Waals surface area contributed by atoms with Crippen LogP contribution in [0.3, 0.4) is 0 Å². The van der Waals surface area contributed by atoms with Crippen molar-refractivity contribution in [2.24, 2.45) is 0 Å². The van der Waals surface area contributed by atoms with Crippen molar-refractivity contribution in [2.75, 3.05) is 57.0 Å². The quantitative estimate of drug-likeness (QED) is 0.361. The topological polar surface area (TPSA) is 131 Å². The van der Waals surface area contributed by atoms with E-state index in [9.17, 15) is 18.4 Å². The van der Waals surface area contributed by atoms with E-state index < -0.39 is 18.4 Å². The molecule has 2 saturated heterocycles. The molecule has 0 spiro atoms. The Labute approximate surface area is 270 Å². The first-order chi connectivity index (χ1) is 22.1. The van der Waals surface area contributed by atoms with E-state index in [-0.39, 0.29) is 27.6 Å². The Bertz CT molecular complexity index is 1620. The van der Waals surface area contributed by atoms with Gasteiger partial charge in [0.05, 0.1) is 29.9 Å². The van der Waals surface area contributed by atoms with Gasteiger partial charge in [-0.2, -0.15) is 5.10 Å². The van der Waals surface area contributed by atoms with Gasteiger partial charge >= 0.3 is 6.09 Å². The number of fused-ring (bicyclic) bond motifs is 1. The lowest BCUT2D eigenvalue weighted by atomic mass is 10.0. The minimum Gasteiger partial charge on any atom is -0.489 e. The average molecular weight is 659 g/mol. The van der Waals surface area contributed by atoms with Gasteiger partial charge in [-0.15, -0.1) is 11.3 Å². The molecule has 46 heavy (non-hydrogen) atoms. The number of nitrogens with one attached hydrogen (secondary N) is 1. The van der Waals surface area contributed by atoms with E-state index in [1.807, 2.05) is 12.1 Å². The summed E-state index contributed by atoms with van der Waals surface area (Å²) in [5.41, 5.74) is 9.51. The number of nitrogens with two attached hydrogens (primary N) is 1. The number of hydrogen-bond donors (Lipinski definition) is 2. The van der Waals surface area contributed by atoms with E-state index in [2.05, 4.69) is 39.0 Å². The molecule has 0 saturated carbocycles. The summed E-state index contributed by atoms with van der Waals surface area (Å²) in [5, 5.41) is 7.56. The number of anilines is 2. The number of carbonyl (C=O) groups excluding carboxylic acids is 2. The number of alkyl halides is 2. The molecule has 12 nitrogen and oxygen atoms in total. The zero-order valence-electron chi connectivity index (χ0n) is 26.2. The second-order valence-electron chi connectivity index (χ2n) is 12.2. The van der Waals surface area contributed by atoms with Gasteiger partial charge in [0.1, 0.15) is 28.6 Å². The zero-order valence-corrected chi connectivity index (χ0v) is 27.1. The molecule has 0 bridgehead atoms. The predicted molar refractivity (Wildman–Crippen MR) is 172 cm³/mol. The van der Waals surface area contributed by atoms with Crippen LogP contribution >= 0.6 is 11.3 Å². The maximum Gasteiger partial charge on any atom is 0.410 e. The van der Waals surface area contributed by atoms with Gasteiger partial charge in [0, 0.05) is 50.9 Å². The van der Waals surface area contributed by atoms with Crippen LogP contribution < -0.4 is 20.7 Å². The number of nitrogens with zero attached hydrogens (tertiary/aromatic N) is 6. The third-order valence-electron chi connectivity index (χ3n) is 8.98. The largest absolute Gasteiger partial charge is 0.489 e. The van der Waals surface area contributed by atoms with Crippen molar-refractivity contribution in [1.82, 2.24) is 29.7 Å². The molecule has 0 radical (unpaired) electrons. The Morgan fingerprint density at radius 1 is 1.15 bits per heavy atom. The summed E-state index contributed by atoms with van der Waals surface area (Å²) in [7, 11) is 1.35. The van der Waals surface area contributed by atoms with Gasteiger partial charge in [-0.05, 0) is 51.2 Å². The highest BCUT2D eigenvalue weighted by molar-refractivity contribution is 7.14. The SMILES string of the molecule is COC(=O)N1CC=C(c2cc(N3CCC[C@@H](NC(=O)c4sc(C(F)F)cc4OC4CCN(C(C)C)CC4)C3)c3c(N)ncnn23)C1. The minimum absolute atomic E-state index is 0.133. The number of ether oxygens (including phenoxy) is 2. The van der Waals surface area contributed by atoms with E-state index in [0.717, 1.165) is 67.1 Å². The van der Waals surface area contributed by atoms with E-state index in [4.69, 9.17) is 15.2 Å². The average Bonchev–Trinajstić information content (AvgIpc) is 3.79. The second kappa shape index (κ2) is 13.4. The summed E-state index contributed by atoms with van der Waals surface area (Å²) in [4.78, 5) is 36.0. The smallest absolute Gasteiger partial charge is 0.410 e. The summed E-state index contributed by atoms with van der Waals surface area (Å²) >= 11 is 0.790. The molecular formula is C31H40F2N8O4S. The third kappa shape index (κ3) is 6.47. The molecule has 3 aromatic heterocycles. The highest BCUT2D eigenvalue weighted by Crippen LogP contribution is 2.38. The van der Waals surface area contributed by atoms with Crippen LogP contribution in [0.1, 0.15) is 66.2 Å². The first-order valence-corrected chi connectivity index (χ1v) is 16.5. The Morgan fingerprint density at radius 3 is 2.65 bits per heavy atom. The fourth-order valence-electron chi connectivity index (χ4n) is 6.53. The van der Waals surface area contributed by atoms with Crippen molar-refractivity contribution >= 4 is 45.9 Å². The highest BCUT2D eigenvalue weighted by Gasteiger charge is 2.31. The van der Waals surface area contributed by atoms with Crippen molar-refractivity contribution < 1.29 is 27.8 Å². The second-order valence-corrected chi connectivity index (χ2v) is 13.3. The number of thiophene rings is 1. The van der Waals surface area contributed by atoms with E-state index in [0.29, 0.717) is 43.6 Å². The molecule has 2 fully saturated rings. The normalized spacial score (nSPS) is 19.7. The van der Waals surface area contributed by atoms with Crippen LogP contribution in [0.15, 0.2) is 24.5 Å². The van der Waals surface area contributed by atoms with Gasteiger partial charge in [0.2, 0.25) is 0 Å². The van der Waals surface area contributed by atoms with Gasteiger partial charge < -0.3 is 35.2 Å². The van der Waals surface area contributed by atoms with Crippen molar-refractivity contribution in [3.63, 3.8) is 0 Å². The maximum atomic E-state index is 13.8. The fraction of sp³-hybridized carbons (Fsp3) is 0.548. The zero-order chi connectivity index (χ0) is 32.5. The summed E-state index contributed by atoms with van der Waals surface area (Å²) in [6.07, 6.45) is 3.17. The van der Waals surface area contributed by atoms with Crippen molar-refractivity contribution in [1.29, 1.82) is 0 Å². The van der Waals surface area contributed by atoms with Crippen molar-refractivity contribution in [3.05, 3.63) is 40.0 Å². The van der Waals surface area contributed by atoms with E-state index >= 15 is 0 Å². The fourth-order valence-corrected chi connectivity index (χ4v) is 7.38. The molecule has 3 aliphatic rings. The number of piperidine rings is 2. The Balaban J connectivity index is 1.19. The Morgan fingerprint density at radius 2 is 1.93 bits per heavy atom. The molecule has 0 aliphatic carbocycles. The Hall–Kier alpha value is -3.98. The monoisotopic (exact) mass is 658 g/mol. The van der Waals surface area contributed by atoms with Gasteiger partial charge in [-0.1, -0.05) is 6.08 Å². The van der Waals surface area contributed by atoms with Gasteiger partial charge in [0.15, 0.2) is 5.82 Å². The number of halogens is 2. The summed E-state index contributed by atoms with van der Waals surface area (Å²) in [6.45, 7) is 8.00. The third-order valence-corrected chi connectivity index (χ3v) is 10.1. The number of carbonyl (C=O) groups is 2. The van der Waals surface area contributed by atoms with Crippen LogP contribution in [-0.2, 0) is 4.74 Å². The molecule has 15 heteroatoms. The van der Waals surface area contributed by atoms with Gasteiger partial charge in [-0.3, -0.25) is 4.79 Å². The van der Waals surface area contributed by atoms with Crippen molar-refractivity contribution in [2.45, 2.75) is 64.1 Å². The number of nitrogen functional groups attached to an aromatic ring is 1. The number of likely N-dealkylation sites (tertiary alicyclic amines) is 1. The van der Waals surface area contributed by atoms with Crippen molar-refractivity contribution in [3.8, 4) is 5.75 Å². The van der Waals surface area contributed by atoms with Crippen LogP contribution in [0.4, 0.5) is 25.1 Å². The molecular weight excluding hydrogens is 618 g/mol. The molecule has 1 atom stereocenters. The van der Waals surface area contributed by atoms with Crippen LogP contribution in [0.2, 0.25) is 0 Å². The maximum absolute atomic E-state index is 13.8. The van der Waals surface area contributed by atoms with E-state index in [1.54, 1.807) is 9.42 Å².